The molecule has 160 valence electrons. The third-order valence-electron chi connectivity index (χ3n) is 4.77. The van der Waals surface area contributed by atoms with Crippen LogP contribution in [0.25, 0.3) is 6.08 Å². The molecule has 0 amide bonds. The summed E-state index contributed by atoms with van der Waals surface area (Å²) in [5.41, 5.74) is 1.41. The van der Waals surface area contributed by atoms with Gasteiger partial charge in [-0.15, -0.1) is 11.3 Å². The van der Waals surface area contributed by atoms with E-state index < -0.39 is 12.0 Å². The van der Waals surface area contributed by atoms with E-state index in [-0.39, 0.29) is 12.2 Å². The molecule has 0 spiro atoms. The lowest BCUT2D eigenvalue weighted by atomic mass is 10.0. The molecular weight excluding hydrogens is 456 g/mol. The fourth-order valence-electron chi connectivity index (χ4n) is 3.33. The maximum absolute atomic E-state index is 13.4. The first-order valence-corrected chi connectivity index (χ1v) is 11.5. The highest BCUT2D eigenvalue weighted by molar-refractivity contribution is 7.10. The fraction of sp³-hybridized carbons (Fsp3) is 0.227. The van der Waals surface area contributed by atoms with Gasteiger partial charge in [-0.1, -0.05) is 47.2 Å². The minimum atomic E-state index is -0.598. The maximum atomic E-state index is 13.4. The van der Waals surface area contributed by atoms with Crippen LogP contribution in [0.2, 0.25) is 5.02 Å². The van der Waals surface area contributed by atoms with E-state index in [4.69, 9.17) is 21.1 Å². The van der Waals surface area contributed by atoms with E-state index >= 15 is 0 Å². The predicted molar refractivity (Wildman–Crippen MR) is 122 cm³/mol. The number of hydrogen-bond acceptors (Lipinski definition) is 7. The van der Waals surface area contributed by atoms with Crippen LogP contribution in [0.1, 0.15) is 23.4 Å². The molecule has 1 atom stereocenters. The van der Waals surface area contributed by atoms with Crippen molar-refractivity contribution in [2.45, 2.75) is 13.0 Å². The molecule has 0 aliphatic carbocycles. The van der Waals surface area contributed by atoms with Gasteiger partial charge in [-0.05, 0) is 36.1 Å². The van der Waals surface area contributed by atoms with Gasteiger partial charge < -0.3 is 9.47 Å². The highest BCUT2D eigenvalue weighted by Gasteiger charge is 2.34. The van der Waals surface area contributed by atoms with Crippen molar-refractivity contribution >= 4 is 46.3 Å². The second-order valence-corrected chi connectivity index (χ2v) is 9.14. The van der Waals surface area contributed by atoms with Crippen LogP contribution in [0.15, 0.2) is 62.8 Å². The van der Waals surface area contributed by atoms with Gasteiger partial charge in [0.2, 0.25) is 0 Å². The number of carbonyl (C=O) groups is 1. The summed E-state index contributed by atoms with van der Waals surface area (Å²) in [7, 11) is 1.54. The zero-order valence-electron chi connectivity index (χ0n) is 16.8. The van der Waals surface area contributed by atoms with Crippen LogP contribution in [-0.4, -0.2) is 30.9 Å². The summed E-state index contributed by atoms with van der Waals surface area (Å²) in [5, 5.41) is 2.47. The van der Waals surface area contributed by atoms with Crippen LogP contribution >= 0.6 is 34.3 Å². The van der Waals surface area contributed by atoms with Gasteiger partial charge in [0, 0.05) is 17.0 Å². The van der Waals surface area contributed by atoms with Crippen molar-refractivity contribution in [3.8, 4) is 0 Å². The zero-order chi connectivity index (χ0) is 22.0. The SMILES string of the molecule is COCCOC(=O)C1=C(C)N=c2sc(=Cc3ccccc3Cl)c(=O)n2C1c1cccs1. The van der Waals surface area contributed by atoms with Crippen molar-refractivity contribution in [1.82, 2.24) is 4.57 Å². The topological polar surface area (TPSA) is 69.9 Å². The third kappa shape index (κ3) is 4.29. The molecule has 0 saturated carbocycles. The molecule has 0 fully saturated rings. The molecule has 1 aromatic carbocycles. The van der Waals surface area contributed by atoms with Gasteiger partial charge in [0.05, 0.1) is 22.4 Å². The van der Waals surface area contributed by atoms with E-state index in [1.165, 1.54) is 29.8 Å². The van der Waals surface area contributed by atoms with Crippen molar-refractivity contribution in [2.75, 3.05) is 20.3 Å². The number of benzene rings is 1. The van der Waals surface area contributed by atoms with Gasteiger partial charge in [0.1, 0.15) is 12.6 Å². The van der Waals surface area contributed by atoms with E-state index in [1.807, 2.05) is 35.7 Å². The molecule has 1 unspecified atom stereocenters. The van der Waals surface area contributed by atoms with Crippen molar-refractivity contribution < 1.29 is 14.3 Å². The number of ether oxygens (including phenoxy) is 2. The van der Waals surface area contributed by atoms with E-state index in [2.05, 4.69) is 4.99 Å². The van der Waals surface area contributed by atoms with E-state index in [0.29, 0.717) is 32.2 Å². The number of thiazole rings is 1. The second kappa shape index (κ2) is 9.32. The molecule has 1 aliphatic heterocycles. The first-order valence-electron chi connectivity index (χ1n) is 9.48. The number of nitrogens with zero attached hydrogens (tertiary/aromatic N) is 2. The van der Waals surface area contributed by atoms with Crippen molar-refractivity contribution in [3.63, 3.8) is 0 Å². The molecule has 31 heavy (non-hydrogen) atoms. The highest BCUT2D eigenvalue weighted by Crippen LogP contribution is 2.33. The number of esters is 1. The third-order valence-corrected chi connectivity index (χ3v) is 7.02. The molecule has 9 heteroatoms. The van der Waals surface area contributed by atoms with Gasteiger partial charge >= 0.3 is 5.97 Å². The Balaban J connectivity index is 1.87. The monoisotopic (exact) mass is 474 g/mol. The lowest BCUT2D eigenvalue weighted by Gasteiger charge is -2.23. The molecule has 3 aromatic rings. The van der Waals surface area contributed by atoms with Crippen LogP contribution in [0, 0.1) is 0 Å². The van der Waals surface area contributed by atoms with Crippen molar-refractivity contribution in [1.29, 1.82) is 0 Å². The standard InChI is InChI=1S/C22H19ClN2O4S2/c1-13-18(21(27)29-10-9-28-2)19(16-8-5-11-30-16)25-20(26)17(31-22(25)24-13)12-14-6-3-4-7-15(14)23/h3-8,11-12,19H,9-10H2,1-2H3. The molecule has 0 saturated heterocycles. The molecule has 2 aromatic heterocycles. The van der Waals surface area contributed by atoms with E-state index in [1.54, 1.807) is 23.6 Å². The Bertz CT molecular complexity index is 1320. The molecule has 3 heterocycles. The second-order valence-electron chi connectivity index (χ2n) is 6.75. The Kier molecular flexibility index (Phi) is 6.52. The first kappa shape index (κ1) is 21.7. The summed E-state index contributed by atoms with van der Waals surface area (Å²) in [6, 6.07) is 10.5. The molecule has 4 rings (SSSR count). The Labute approximate surface area is 191 Å². The Morgan fingerprint density at radius 3 is 2.77 bits per heavy atom. The van der Waals surface area contributed by atoms with Gasteiger partial charge in [-0.2, -0.15) is 0 Å². The molecular formula is C22H19ClN2O4S2. The van der Waals surface area contributed by atoms with Crippen LogP contribution in [0.3, 0.4) is 0 Å². The molecule has 6 nitrogen and oxygen atoms in total. The van der Waals surface area contributed by atoms with Gasteiger partial charge in [0.15, 0.2) is 4.80 Å². The average molecular weight is 475 g/mol. The number of fused-ring (bicyclic) bond motifs is 1. The lowest BCUT2D eigenvalue weighted by molar-refractivity contribution is -0.140. The number of allylic oxidation sites excluding steroid dienone is 1. The van der Waals surface area contributed by atoms with E-state index in [0.717, 1.165) is 10.4 Å². The Hall–Kier alpha value is -2.52. The van der Waals surface area contributed by atoms with Gasteiger partial charge in [-0.3, -0.25) is 9.36 Å². The van der Waals surface area contributed by atoms with Gasteiger partial charge in [0.25, 0.3) is 5.56 Å². The number of carbonyl (C=O) groups excluding carboxylic acids is 1. The minimum absolute atomic E-state index is 0.125. The number of thiophene rings is 1. The fourth-order valence-corrected chi connectivity index (χ4v) is 5.38. The lowest BCUT2D eigenvalue weighted by Crippen LogP contribution is -2.39. The van der Waals surface area contributed by atoms with Crippen LogP contribution in [0.5, 0.6) is 0 Å². The number of methoxy groups -OCH3 is 1. The summed E-state index contributed by atoms with van der Waals surface area (Å²) >= 11 is 9.02. The quantitative estimate of drug-likeness (QED) is 0.406. The van der Waals surface area contributed by atoms with Crippen LogP contribution < -0.4 is 14.9 Å². The first-order chi connectivity index (χ1) is 15.0. The number of halogens is 1. The predicted octanol–water partition coefficient (Wildman–Crippen LogP) is 3.14. The van der Waals surface area contributed by atoms with Gasteiger partial charge in [-0.25, -0.2) is 9.79 Å². The molecule has 0 bridgehead atoms. The molecule has 0 radical (unpaired) electrons. The van der Waals surface area contributed by atoms with E-state index in [9.17, 15) is 9.59 Å². The largest absolute Gasteiger partial charge is 0.460 e. The number of rotatable bonds is 6. The summed E-state index contributed by atoms with van der Waals surface area (Å²) in [6.07, 6.45) is 1.76. The summed E-state index contributed by atoms with van der Waals surface area (Å²) < 4.78 is 12.4. The van der Waals surface area contributed by atoms with Crippen LogP contribution in [0.4, 0.5) is 0 Å². The summed E-state index contributed by atoms with van der Waals surface area (Å²) in [6.45, 7) is 2.18. The Morgan fingerprint density at radius 2 is 2.06 bits per heavy atom. The number of aromatic nitrogens is 1. The van der Waals surface area contributed by atoms with Crippen molar-refractivity contribution in [2.24, 2.45) is 4.99 Å². The smallest absolute Gasteiger partial charge is 0.338 e. The summed E-state index contributed by atoms with van der Waals surface area (Å²) in [4.78, 5) is 32.3. The Morgan fingerprint density at radius 1 is 1.26 bits per heavy atom. The highest BCUT2D eigenvalue weighted by atomic mass is 35.5. The zero-order valence-corrected chi connectivity index (χ0v) is 19.2. The number of hydrogen-bond donors (Lipinski definition) is 0. The maximum Gasteiger partial charge on any atom is 0.338 e. The normalized spacial score (nSPS) is 16.2. The van der Waals surface area contributed by atoms with Crippen molar-refractivity contribution in [3.05, 3.63) is 88.2 Å². The minimum Gasteiger partial charge on any atom is -0.460 e. The summed E-state index contributed by atoms with van der Waals surface area (Å²) in [5.74, 6) is -0.503. The molecule has 1 aliphatic rings. The molecule has 0 N–H and O–H groups in total. The van der Waals surface area contributed by atoms with Crippen LogP contribution in [-0.2, 0) is 14.3 Å². The average Bonchev–Trinajstić information content (AvgIpc) is 3.38.